The van der Waals surface area contributed by atoms with Crippen molar-refractivity contribution in [3.63, 3.8) is 0 Å². The number of fused-ring (bicyclic) bond motifs is 1. The maximum absolute atomic E-state index is 13.7. The molecule has 2 aliphatic heterocycles. The van der Waals surface area contributed by atoms with E-state index in [2.05, 4.69) is 30.4 Å². The Labute approximate surface area is 161 Å². The van der Waals surface area contributed by atoms with Crippen LogP contribution in [0.5, 0.6) is 0 Å². The molecule has 0 bridgehead atoms. The Balaban J connectivity index is 0.00000109. The lowest BCUT2D eigenvalue weighted by Crippen LogP contribution is -2.27. The van der Waals surface area contributed by atoms with E-state index < -0.39 is 11.7 Å². The number of H-pyrrole nitrogens is 1. The van der Waals surface area contributed by atoms with E-state index in [0.29, 0.717) is 28.8 Å². The van der Waals surface area contributed by atoms with Crippen LogP contribution in [0.25, 0.3) is 22.4 Å². The van der Waals surface area contributed by atoms with E-state index in [9.17, 15) is 13.2 Å². The summed E-state index contributed by atoms with van der Waals surface area (Å²) < 4.78 is 41.1. The SMILES string of the molecule is FC(F)(F)c1ccc(N2CC3CCC4NC34C2)nc1-c1[nH]nc2ncccc12.[HH].[HH]. The van der Waals surface area contributed by atoms with Crippen molar-refractivity contribution in [3.05, 3.63) is 36.0 Å². The summed E-state index contributed by atoms with van der Waals surface area (Å²) >= 11 is 0. The molecule has 6 rings (SSSR count). The molecule has 2 N–H and O–H groups in total. The Bertz CT molecular complexity index is 1100. The zero-order valence-electron chi connectivity index (χ0n) is 14.8. The topological polar surface area (TPSA) is 79.6 Å². The van der Waals surface area contributed by atoms with Gasteiger partial charge in [-0.2, -0.15) is 18.3 Å². The van der Waals surface area contributed by atoms with Gasteiger partial charge in [0.2, 0.25) is 0 Å². The predicted molar refractivity (Wildman–Crippen MR) is 101 cm³/mol. The van der Waals surface area contributed by atoms with Crippen molar-refractivity contribution in [3.8, 4) is 11.4 Å². The van der Waals surface area contributed by atoms with Gasteiger partial charge >= 0.3 is 6.18 Å². The first-order valence-corrected chi connectivity index (χ1v) is 9.36. The lowest BCUT2D eigenvalue weighted by Gasteiger charge is -2.20. The summed E-state index contributed by atoms with van der Waals surface area (Å²) in [5.41, 5.74) is -0.134. The number of piperidine rings is 1. The minimum atomic E-state index is -4.51. The third-order valence-corrected chi connectivity index (χ3v) is 6.48. The van der Waals surface area contributed by atoms with E-state index in [1.807, 2.05) is 0 Å². The molecule has 6 nitrogen and oxygen atoms in total. The Morgan fingerprint density at radius 3 is 2.89 bits per heavy atom. The van der Waals surface area contributed by atoms with Gasteiger partial charge in [0, 0.05) is 33.6 Å². The molecule has 1 saturated carbocycles. The van der Waals surface area contributed by atoms with Crippen LogP contribution >= 0.6 is 0 Å². The zero-order chi connectivity index (χ0) is 19.1. The monoisotopic (exact) mass is 390 g/mol. The van der Waals surface area contributed by atoms with Gasteiger partial charge in [-0.25, -0.2) is 9.97 Å². The van der Waals surface area contributed by atoms with E-state index in [1.165, 1.54) is 18.9 Å². The maximum atomic E-state index is 13.7. The average Bonchev–Trinajstić information content (AvgIpc) is 3.01. The summed E-state index contributed by atoms with van der Waals surface area (Å²) in [6, 6.07) is 6.55. The molecular weight excluding hydrogens is 369 g/mol. The highest BCUT2D eigenvalue weighted by molar-refractivity contribution is 5.90. The van der Waals surface area contributed by atoms with Gasteiger partial charge in [0.15, 0.2) is 5.65 Å². The van der Waals surface area contributed by atoms with Crippen molar-refractivity contribution in [2.75, 3.05) is 18.0 Å². The van der Waals surface area contributed by atoms with E-state index in [4.69, 9.17) is 0 Å². The number of rotatable bonds is 2. The van der Waals surface area contributed by atoms with Crippen molar-refractivity contribution < 1.29 is 16.0 Å². The molecule has 3 unspecified atom stereocenters. The Kier molecular flexibility index (Phi) is 3.04. The molecule has 9 heteroatoms. The van der Waals surface area contributed by atoms with Crippen LogP contribution in [-0.2, 0) is 6.18 Å². The fourth-order valence-corrected chi connectivity index (χ4v) is 5.08. The molecule has 28 heavy (non-hydrogen) atoms. The second kappa shape index (κ2) is 5.22. The standard InChI is InChI=1S/C19H17F3N6.2H2/c20-19(21,22)12-4-6-14(28-8-10-3-5-13-18(10,9-28)25-13)24-16(12)15-11-2-1-7-23-17(11)27-26-15;;/h1-2,4,6-7,10,13,25H,3,5,8-9H2,(H,23,26,27);2*1H. The van der Waals surface area contributed by atoms with Gasteiger partial charge in [0.1, 0.15) is 11.5 Å². The van der Waals surface area contributed by atoms with Crippen LogP contribution in [0.4, 0.5) is 19.0 Å². The predicted octanol–water partition coefficient (Wildman–Crippen LogP) is 3.47. The van der Waals surface area contributed by atoms with Crippen LogP contribution < -0.4 is 10.2 Å². The highest BCUT2D eigenvalue weighted by Gasteiger charge is 2.66. The first kappa shape index (κ1) is 16.3. The van der Waals surface area contributed by atoms with Crippen molar-refractivity contribution >= 4 is 16.9 Å². The lowest BCUT2D eigenvalue weighted by atomic mass is 9.99. The zero-order valence-corrected chi connectivity index (χ0v) is 14.8. The number of hydrogen-bond donors (Lipinski definition) is 2. The Morgan fingerprint density at radius 2 is 2.11 bits per heavy atom. The van der Waals surface area contributed by atoms with Crippen molar-refractivity contribution in [2.24, 2.45) is 5.92 Å². The molecule has 2 saturated heterocycles. The third kappa shape index (κ3) is 2.16. The van der Waals surface area contributed by atoms with Gasteiger partial charge in [0.25, 0.3) is 0 Å². The van der Waals surface area contributed by atoms with Crippen LogP contribution in [0, 0.1) is 5.92 Å². The lowest BCUT2D eigenvalue weighted by molar-refractivity contribution is -0.137. The number of alkyl halides is 3. The van der Waals surface area contributed by atoms with Crippen molar-refractivity contribution in [2.45, 2.75) is 30.6 Å². The summed E-state index contributed by atoms with van der Waals surface area (Å²) in [4.78, 5) is 10.7. The molecule has 0 amide bonds. The number of aromatic amines is 1. The van der Waals surface area contributed by atoms with Crippen LogP contribution in [0.15, 0.2) is 30.5 Å². The average molecular weight is 390 g/mol. The number of anilines is 1. The number of pyridine rings is 2. The molecule has 0 aromatic carbocycles. The second-order valence-corrected chi connectivity index (χ2v) is 7.93. The Hall–Kier alpha value is -2.68. The van der Waals surface area contributed by atoms with Gasteiger partial charge in [-0.15, -0.1) is 0 Å². The summed E-state index contributed by atoms with van der Waals surface area (Å²) in [5, 5.41) is 10.9. The van der Waals surface area contributed by atoms with Crippen LogP contribution in [0.2, 0.25) is 0 Å². The number of hydrogen-bond acceptors (Lipinski definition) is 5. The largest absolute Gasteiger partial charge is 0.418 e. The van der Waals surface area contributed by atoms with Crippen LogP contribution in [0.3, 0.4) is 0 Å². The summed E-state index contributed by atoms with van der Waals surface area (Å²) in [7, 11) is 0. The van der Waals surface area contributed by atoms with Gasteiger partial charge < -0.3 is 10.2 Å². The first-order chi connectivity index (χ1) is 13.5. The number of aromatic nitrogens is 4. The third-order valence-electron chi connectivity index (χ3n) is 6.48. The molecule has 0 radical (unpaired) electrons. The molecule has 3 aromatic heterocycles. The smallest absolute Gasteiger partial charge is 0.354 e. The second-order valence-electron chi connectivity index (χ2n) is 7.93. The van der Waals surface area contributed by atoms with E-state index in [1.54, 1.807) is 18.3 Å². The van der Waals surface area contributed by atoms with Gasteiger partial charge in [-0.1, -0.05) is 0 Å². The van der Waals surface area contributed by atoms with E-state index in [-0.39, 0.29) is 19.8 Å². The van der Waals surface area contributed by atoms with E-state index in [0.717, 1.165) is 19.2 Å². The molecule has 3 fully saturated rings. The normalized spacial score (nSPS) is 28.6. The number of halogens is 3. The summed E-state index contributed by atoms with van der Waals surface area (Å²) in [6.07, 6.45) is -0.595. The van der Waals surface area contributed by atoms with Crippen LogP contribution in [-0.4, -0.2) is 44.8 Å². The molecule has 3 atom stereocenters. The fourth-order valence-electron chi connectivity index (χ4n) is 5.08. The number of nitrogens with zero attached hydrogens (tertiary/aromatic N) is 4. The molecule has 148 valence electrons. The Morgan fingerprint density at radius 1 is 1.21 bits per heavy atom. The quantitative estimate of drug-likeness (QED) is 0.655. The molecular formula is C19H21F3N6. The van der Waals surface area contributed by atoms with Gasteiger partial charge in [-0.05, 0) is 43.0 Å². The highest BCUT2D eigenvalue weighted by atomic mass is 19.4. The minimum Gasteiger partial charge on any atom is -0.354 e. The molecule has 1 spiro atoms. The minimum absolute atomic E-state index is 0. The summed E-state index contributed by atoms with van der Waals surface area (Å²) in [6.45, 7) is 1.62. The highest BCUT2D eigenvalue weighted by Crippen LogP contribution is 2.52. The van der Waals surface area contributed by atoms with Gasteiger partial charge in [-0.3, -0.25) is 5.10 Å². The van der Waals surface area contributed by atoms with Gasteiger partial charge in [0.05, 0.1) is 16.8 Å². The summed E-state index contributed by atoms with van der Waals surface area (Å²) in [5.74, 6) is 1.12. The molecule has 1 aliphatic carbocycles. The van der Waals surface area contributed by atoms with Crippen LogP contribution in [0.1, 0.15) is 21.3 Å². The fraction of sp³-hybridized carbons (Fsp3) is 0.421. The van der Waals surface area contributed by atoms with Crippen molar-refractivity contribution in [1.29, 1.82) is 0 Å². The molecule has 3 aliphatic rings. The maximum Gasteiger partial charge on any atom is 0.418 e. The molecule has 5 heterocycles. The van der Waals surface area contributed by atoms with E-state index >= 15 is 0 Å². The first-order valence-electron chi connectivity index (χ1n) is 9.36. The number of nitrogens with one attached hydrogen (secondary N) is 2. The molecule has 3 aromatic rings. The van der Waals surface area contributed by atoms with Crippen molar-refractivity contribution in [1.82, 2.24) is 25.5 Å².